The van der Waals surface area contributed by atoms with E-state index in [0.717, 1.165) is 10.6 Å². The van der Waals surface area contributed by atoms with Crippen LogP contribution in [0.4, 0.5) is 5.69 Å². The van der Waals surface area contributed by atoms with Crippen LogP contribution in [0, 0.1) is 0 Å². The van der Waals surface area contributed by atoms with E-state index < -0.39 is 17.1 Å². The lowest BCUT2D eigenvalue weighted by molar-refractivity contribution is -0.114. The summed E-state index contributed by atoms with van der Waals surface area (Å²) < 4.78 is 0.923. The van der Waals surface area contributed by atoms with Gasteiger partial charge in [0.2, 0.25) is 11.8 Å². The topological polar surface area (TPSA) is 104 Å². The van der Waals surface area contributed by atoms with Crippen LogP contribution in [0.5, 0.6) is 5.88 Å². The van der Waals surface area contributed by atoms with Crippen LogP contribution in [0.15, 0.2) is 39.9 Å². The number of aromatic amines is 1. The Hall–Kier alpha value is -2.83. The molecule has 0 fully saturated rings. The summed E-state index contributed by atoms with van der Waals surface area (Å²) >= 11 is 0. The first-order chi connectivity index (χ1) is 8.97. The maximum atomic E-state index is 11.7. The second-order valence-corrected chi connectivity index (χ2v) is 3.86. The van der Waals surface area contributed by atoms with Crippen molar-refractivity contribution in [2.45, 2.75) is 6.92 Å². The van der Waals surface area contributed by atoms with Crippen molar-refractivity contribution in [1.82, 2.24) is 9.55 Å². The van der Waals surface area contributed by atoms with E-state index in [-0.39, 0.29) is 5.91 Å². The van der Waals surface area contributed by atoms with E-state index in [0.29, 0.717) is 11.4 Å². The van der Waals surface area contributed by atoms with E-state index in [1.54, 1.807) is 18.2 Å². The molecule has 2 rings (SSSR count). The van der Waals surface area contributed by atoms with Gasteiger partial charge in [0, 0.05) is 12.6 Å². The van der Waals surface area contributed by atoms with E-state index in [4.69, 9.17) is 0 Å². The van der Waals surface area contributed by atoms with Gasteiger partial charge in [-0.05, 0) is 18.2 Å². The Morgan fingerprint density at radius 1 is 1.32 bits per heavy atom. The van der Waals surface area contributed by atoms with E-state index in [2.05, 4.69) is 5.32 Å². The van der Waals surface area contributed by atoms with E-state index in [1.807, 2.05) is 4.98 Å². The third kappa shape index (κ3) is 2.71. The fourth-order valence-electron chi connectivity index (χ4n) is 1.66. The fourth-order valence-corrected chi connectivity index (χ4v) is 1.66. The van der Waals surface area contributed by atoms with Crippen molar-refractivity contribution in [2.75, 3.05) is 5.32 Å². The lowest BCUT2D eigenvalue weighted by Gasteiger charge is -2.09. The standard InChI is InChI=1S/C12H11N3O4/c1-7(16)13-8-3-2-4-9(5-8)15-11(18)6-10(17)14-12(15)19/h2-6,18H,1H3,(H,13,16)(H,14,17,19). The van der Waals surface area contributed by atoms with Crippen LogP contribution in [0.2, 0.25) is 0 Å². The van der Waals surface area contributed by atoms with Crippen LogP contribution in [0.25, 0.3) is 5.69 Å². The van der Waals surface area contributed by atoms with E-state index in [9.17, 15) is 19.5 Å². The highest BCUT2D eigenvalue weighted by molar-refractivity contribution is 5.88. The molecule has 0 radical (unpaired) electrons. The molecule has 0 aliphatic heterocycles. The van der Waals surface area contributed by atoms with Crippen molar-refractivity contribution in [3.63, 3.8) is 0 Å². The number of carbonyl (C=O) groups is 1. The summed E-state index contributed by atoms with van der Waals surface area (Å²) in [7, 11) is 0. The quantitative estimate of drug-likeness (QED) is 0.717. The van der Waals surface area contributed by atoms with Gasteiger partial charge in [-0.1, -0.05) is 6.07 Å². The molecule has 0 atom stereocenters. The molecule has 0 saturated heterocycles. The van der Waals surface area contributed by atoms with Gasteiger partial charge in [0.1, 0.15) is 0 Å². The molecule has 0 aliphatic carbocycles. The van der Waals surface area contributed by atoms with Crippen molar-refractivity contribution in [2.24, 2.45) is 0 Å². The third-order valence-electron chi connectivity index (χ3n) is 2.35. The van der Waals surface area contributed by atoms with Crippen LogP contribution in [-0.4, -0.2) is 20.6 Å². The van der Waals surface area contributed by atoms with Crippen LogP contribution < -0.4 is 16.6 Å². The predicted octanol–water partition coefficient (Wildman–Crippen LogP) is 0.190. The Bertz CT molecular complexity index is 745. The second-order valence-electron chi connectivity index (χ2n) is 3.86. The highest BCUT2D eigenvalue weighted by Gasteiger charge is 2.07. The van der Waals surface area contributed by atoms with Gasteiger partial charge in [0.25, 0.3) is 5.56 Å². The minimum absolute atomic E-state index is 0.254. The minimum atomic E-state index is -0.759. The minimum Gasteiger partial charge on any atom is -0.494 e. The number of aromatic hydroxyl groups is 1. The molecule has 0 unspecified atom stereocenters. The van der Waals surface area contributed by atoms with Crippen LogP contribution in [0.1, 0.15) is 6.92 Å². The maximum absolute atomic E-state index is 11.7. The molecule has 0 bridgehead atoms. The predicted molar refractivity (Wildman–Crippen MR) is 68.6 cm³/mol. The molecule has 0 saturated carbocycles. The van der Waals surface area contributed by atoms with E-state index in [1.165, 1.54) is 13.0 Å². The van der Waals surface area contributed by atoms with Gasteiger partial charge in [0.05, 0.1) is 11.8 Å². The highest BCUT2D eigenvalue weighted by atomic mass is 16.3. The summed E-state index contributed by atoms with van der Waals surface area (Å²) in [6.45, 7) is 1.36. The molecule has 1 amide bonds. The number of benzene rings is 1. The Labute approximate surface area is 107 Å². The summed E-state index contributed by atoms with van der Waals surface area (Å²) in [5, 5.41) is 12.2. The Morgan fingerprint density at radius 2 is 2.05 bits per heavy atom. The number of amides is 1. The fraction of sp³-hybridized carbons (Fsp3) is 0.0833. The van der Waals surface area contributed by atoms with Crippen LogP contribution in [-0.2, 0) is 4.79 Å². The van der Waals surface area contributed by atoms with Crippen molar-refractivity contribution in [1.29, 1.82) is 0 Å². The molecule has 19 heavy (non-hydrogen) atoms. The number of H-pyrrole nitrogens is 1. The van der Waals surface area contributed by atoms with Crippen molar-refractivity contribution in [3.8, 4) is 11.6 Å². The maximum Gasteiger partial charge on any atom is 0.335 e. The van der Waals surface area contributed by atoms with Crippen LogP contribution in [0.3, 0.4) is 0 Å². The number of aromatic nitrogens is 2. The number of hydrogen-bond donors (Lipinski definition) is 3. The highest BCUT2D eigenvalue weighted by Crippen LogP contribution is 2.16. The SMILES string of the molecule is CC(=O)Nc1cccc(-n2c(O)cc(=O)[nH]c2=O)c1. The third-order valence-corrected chi connectivity index (χ3v) is 2.35. The largest absolute Gasteiger partial charge is 0.494 e. The lowest BCUT2D eigenvalue weighted by Crippen LogP contribution is -2.28. The molecule has 1 aromatic heterocycles. The first kappa shape index (κ1) is 12.6. The normalized spacial score (nSPS) is 10.2. The smallest absolute Gasteiger partial charge is 0.335 e. The molecule has 1 heterocycles. The summed E-state index contributed by atoms with van der Waals surface area (Å²) in [6.07, 6.45) is 0. The molecule has 3 N–H and O–H groups in total. The number of nitrogens with one attached hydrogen (secondary N) is 2. The number of nitrogens with zero attached hydrogens (tertiary/aromatic N) is 1. The van der Waals surface area contributed by atoms with E-state index >= 15 is 0 Å². The summed E-state index contributed by atoms with van der Waals surface area (Å²) in [6, 6.07) is 7.20. The first-order valence-corrected chi connectivity index (χ1v) is 5.41. The molecule has 0 spiro atoms. The number of rotatable bonds is 2. The van der Waals surface area contributed by atoms with Gasteiger partial charge in [-0.15, -0.1) is 0 Å². The summed E-state index contributed by atoms with van der Waals surface area (Å²) in [5.74, 6) is -0.732. The summed E-state index contributed by atoms with van der Waals surface area (Å²) in [5.41, 5.74) is -0.644. The molecule has 0 aliphatic rings. The Morgan fingerprint density at radius 3 is 2.68 bits per heavy atom. The van der Waals surface area contributed by atoms with Gasteiger partial charge >= 0.3 is 5.69 Å². The summed E-state index contributed by atoms with van der Waals surface area (Å²) in [4.78, 5) is 35.7. The van der Waals surface area contributed by atoms with Crippen molar-refractivity contribution in [3.05, 3.63) is 51.2 Å². The van der Waals surface area contributed by atoms with Gasteiger partial charge in [-0.3, -0.25) is 14.6 Å². The molecule has 1 aromatic carbocycles. The molecular formula is C12H11N3O4. The average Bonchev–Trinajstić information content (AvgIpc) is 2.26. The molecule has 2 aromatic rings. The number of carbonyl (C=O) groups excluding carboxylic acids is 1. The van der Waals surface area contributed by atoms with Crippen LogP contribution >= 0.6 is 0 Å². The Kier molecular flexibility index (Phi) is 3.19. The zero-order valence-corrected chi connectivity index (χ0v) is 10.0. The second kappa shape index (κ2) is 4.81. The van der Waals surface area contributed by atoms with Gasteiger partial charge in [0.15, 0.2) is 0 Å². The molecule has 7 nitrogen and oxygen atoms in total. The Balaban J connectivity index is 2.57. The lowest BCUT2D eigenvalue weighted by atomic mass is 10.2. The molecule has 98 valence electrons. The van der Waals surface area contributed by atoms with Gasteiger partial charge in [-0.25, -0.2) is 9.36 Å². The average molecular weight is 261 g/mol. The number of hydrogen-bond acceptors (Lipinski definition) is 4. The van der Waals surface area contributed by atoms with Gasteiger partial charge in [-0.2, -0.15) is 0 Å². The van der Waals surface area contributed by atoms with Crippen molar-refractivity contribution < 1.29 is 9.90 Å². The zero-order chi connectivity index (χ0) is 14.0. The van der Waals surface area contributed by atoms with Gasteiger partial charge < -0.3 is 10.4 Å². The molecule has 7 heteroatoms. The number of anilines is 1. The molecular weight excluding hydrogens is 250 g/mol. The first-order valence-electron chi connectivity index (χ1n) is 5.41. The zero-order valence-electron chi connectivity index (χ0n) is 10.0. The van der Waals surface area contributed by atoms with Crippen molar-refractivity contribution >= 4 is 11.6 Å². The monoisotopic (exact) mass is 261 g/mol.